The topological polar surface area (TPSA) is 95.5 Å². The Morgan fingerprint density at radius 3 is 1.66 bits per heavy atom. The Labute approximate surface area is 194 Å². The van der Waals surface area contributed by atoms with Gasteiger partial charge in [-0.05, 0) is 87.6 Å². The molecule has 3 N–H and O–H groups in total. The molecular weight excluding hydrogens is 598 g/mol. The van der Waals surface area contributed by atoms with Crippen LogP contribution in [0.15, 0.2) is 66.7 Å². The van der Waals surface area contributed by atoms with Crippen molar-refractivity contribution in [2.24, 2.45) is 0 Å². The number of nitrogens with one attached hydrogen (secondary N) is 2. The number of halogens is 2. The summed E-state index contributed by atoms with van der Waals surface area (Å²) < 4.78 is 1.52. The lowest BCUT2D eigenvalue weighted by atomic mass is 10.1. The Morgan fingerprint density at radius 2 is 1.17 bits per heavy atom. The van der Waals surface area contributed by atoms with Gasteiger partial charge in [0.15, 0.2) is 0 Å². The molecule has 0 saturated carbocycles. The SMILES string of the molecule is O=C(O)c1ccc(NC(=O)c2ccccc2I)c(NC(=O)c2ccccc2I)c1. The minimum atomic E-state index is -1.13. The maximum absolute atomic E-state index is 12.7. The van der Waals surface area contributed by atoms with E-state index in [2.05, 4.69) is 55.8 Å². The molecule has 0 aliphatic carbocycles. The Bertz CT molecular complexity index is 1120. The van der Waals surface area contributed by atoms with Gasteiger partial charge in [-0.2, -0.15) is 0 Å². The molecule has 146 valence electrons. The molecule has 0 saturated heterocycles. The van der Waals surface area contributed by atoms with Crippen molar-refractivity contribution in [1.29, 1.82) is 0 Å². The molecule has 8 heteroatoms. The third kappa shape index (κ3) is 5.12. The monoisotopic (exact) mass is 612 g/mol. The van der Waals surface area contributed by atoms with Gasteiger partial charge < -0.3 is 15.7 Å². The largest absolute Gasteiger partial charge is 0.478 e. The predicted octanol–water partition coefficient (Wildman–Crippen LogP) is 5.10. The first kappa shape index (κ1) is 21.2. The average molecular weight is 612 g/mol. The number of anilines is 2. The second-order valence-corrected chi connectivity index (χ2v) is 8.26. The molecule has 0 aliphatic rings. The summed E-state index contributed by atoms with van der Waals surface area (Å²) in [6.45, 7) is 0. The van der Waals surface area contributed by atoms with Crippen LogP contribution in [0.2, 0.25) is 0 Å². The van der Waals surface area contributed by atoms with E-state index in [1.54, 1.807) is 30.3 Å². The van der Waals surface area contributed by atoms with Crippen LogP contribution in [0, 0.1) is 7.14 Å². The molecular formula is C21H14I2N2O4. The zero-order valence-electron chi connectivity index (χ0n) is 14.8. The zero-order chi connectivity index (χ0) is 21.0. The normalized spacial score (nSPS) is 10.3. The van der Waals surface area contributed by atoms with Crippen LogP contribution in [-0.2, 0) is 0 Å². The van der Waals surface area contributed by atoms with E-state index < -0.39 is 11.9 Å². The number of hydrogen-bond donors (Lipinski definition) is 3. The van der Waals surface area contributed by atoms with E-state index in [0.29, 0.717) is 16.8 Å². The average Bonchev–Trinajstić information content (AvgIpc) is 2.69. The van der Waals surface area contributed by atoms with Crippen molar-refractivity contribution in [2.45, 2.75) is 0 Å². The van der Waals surface area contributed by atoms with E-state index in [0.717, 1.165) is 7.14 Å². The number of aromatic carboxylic acids is 1. The highest BCUT2D eigenvalue weighted by Crippen LogP contribution is 2.26. The van der Waals surface area contributed by atoms with Gasteiger partial charge in [0.25, 0.3) is 11.8 Å². The van der Waals surface area contributed by atoms with E-state index in [1.807, 2.05) is 18.2 Å². The Balaban J connectivity index is 1.94. The van der Waals surface area contributed by atoms with E-state index in [1.165, 1.54) is 18.2 Å². The van der Waals surface area contributed by atoms with Crippen molar-refractivity contribution < 1.29 is 19.5 Å². The molecule has 0 atom stereocenters. The van der Waals surface area contributed by atoms with Crippen LogP contribution in [0.25, 0.3) is 0 Å². The number of hydrogen-bond acceptors (Lipinski definition) is 3. The highest BCUT2D eigenvalue weighted by molar-refractivity contribution is 14.1. The highest BCUT2D eigenvalue weighted by Gasteiger charge is 2.17. The van der Waals surface area contributed by atoms with Crippen molar-refractivity contribution >= 4 is 74.3 Å². The molecule has 0 spiro atoms. The van der Waals surface area contributed by atoms with Crippen LogP contribution < -0.4 is 10.6 Å². The standard InChI is InChI=1S/C21H14I2N2O4/c22-15-7-3-1-5-13(15)19(26)24-17-10-9-12(21(28)29)11-18(17)25-20(27)14-6-2-4-8-16(14)23/h1-11H,(H,24,26)(H,25,27)(H,28,29). The fourth-order valence-electron chi connectivity index (χ4n) is 2.56. The Morgan fingerprint density at radius 1 is 0.690 bits per heavy atom. The minimum Gasteiger partial charge on any atom is -0.478 e. The second-order valence-electron chi connectivity index (χ2n) is 5.93. The maximum atomic E-state index is 12.7. The first-order chi connectivity index (χ1) is 13.9. The molecule has 2 amide bonds. The van der Waals surface area contributed by atoms with Crippen molar-refractivity contribution in [3.63, 3.8) is 0 Å². The third-order valence-electron chi connectivity index (χ3n) is 4.00. The van der Waals surface area contributed by atoms with Gasteiger partial charge in [0.05, 0.1) is 28.1 Å². The number of carboxylic acid groups (broad SMARTS) is 1. The van der Waals surface area contributed by atoms with Crippen LogP contribution in [0.3, 0.4) is 0 Å². The number of carboxylic acids is 1. The van der Waals surface area contributed by atoms with Gasteiger partial charge in [0.2, 0.25) is 0 Å². The summed E-state index contributed by atoms with van der Waals surface area (Å²) in [5.74, 6) is -1.89. The van der Waals surface area contributed by atoms with Gasteiger partial charge in [-0.15, -0.1) is 0 Å². The van der Waals surface area contributed by atoms with E-state index >= 15 is 0 Å². The molecule has 0 fully saturated rings. The summed E-state index contributed by atoms with van der Waals surface area (Å²) in [5.41, 5.74) is 1.43. The van der Waals surface area contributed by atoms with Crippen LogP contribution in [0.1, 0.15) is 31.1 Å². The van der Waals surface area contributed by atoms with Gasteiger partial charge in [-0.3, -0.25) is 9.59 Å². The van der Waals surface area contributed by atoms with E-state index in [9.17, 15) is 19.5 Å². The quantitative estimate of drug-likeness (QED) is 0.350. The zero-order valence-corrected chi connectivity index (χ0v) is 19.1. The van der Waals surface area contributed by atoms with Crippen molar-refractivity contribution in [3.8, 4) is 0 Å². The lowest BCUT2D eigenvalue weighted by molar-refractivity contribution is 0.0696. The summed E-state index contributed by atoms with van der Waals surface area (Å²) >= 11 is 4.11. The van der Waals surface area contributed by atoms with Crippen LogP contribution in [0.4, 0.5) is 11.4 Å². The number of benzene rings is 3. The molecule has 0 bridgehead atoms. The third-order valence-corrected chi connectivity index (χ3v) is 5.88. The molecule has 29 heavy (non-hydrogen) atoms. The predicted molar refractivity (Wildman–Crippen MR) is 128 cm³/mol. The summed E-state index contributed by atoms with van der Waals surface area (Å²) in [4.78, 5) is 36.7. The minimum absolute atomic E-state index is 0.00431. The highest BCUT2D eigenvalue weighted by atomic mass is 127. The molecule has 6 nitrogen and oxygen atoms in total. The molecule has 3 aromatic rings. The Kier molecular flexibility index (Phi) is 6.85. The van der Waals surface area contributed by atoms with Crippen LogP contribution in [-0.4, -0.2) is 22.9 Å². The first-order valence-electron chi connectivity index (χ1n) is 8.36. The molecule has 3 aromatic carbocycles. The number of amides is 2. The van der Waals surface area contributed by atoms with Gasteiger partial charge in [-0.25, -0.2) is 4.79 Å². The van der Waals surface area contributed by atoms with Crippen molar-refractivity contribution in [2.75, 3.05) is 10.6 Å². The molecule has 0 radical (unpaired) electrons. The second kappa shape index (κ2) is 9.35. The van der Waals surface area contributed by atoms with E-state index in [-0.39, 0.29) is 17.2 Å². The molecule has 0 heterocycles. The maximum Gasteiger partial charge on any atom is 0.335 e. The Hall–Kier alpha value is -2.47. The van der Waals surface area contributed by atoms with Gasteiger partial charge in [-0.1, -0.05) is 24.3 Å². The molecule has 0 aliphatic heterocycles. The first-order valence-corrected chi connectivity index (χ1v) is 10.5. The van der Waals surface area contributed by atoms with Gasteiger partial charge >= 0.3 is 5.97 Å². The molecule has 0 unspecified atom stereocenters. The van der Waals surface area contributed by atoms with Crippen molar-refractivity contribution in [3.05, 3.63) is 90.6 Å². The molecule has 3 rings (SSSR count). The summed E-state index contributed by atoms with van der Waals surface area (Å²) in [5, 5.41) is 14.8. The van der Waals surface area contributed by atoms with Crippen molar-refractivity contribution in [1.82, 2.24) is 0 Å². The fourth-order valence-corrected chi connectivity index (χ4v) is 3.82. The lowest BCUT2D eigenvalue weighted by Crippen LogP contribution is -2.18. The number of rotatable bonds is 5. The summed E-state index contributed by atoms with van der Waals surface area (Å²) in [6, 6.07) is 18.3. The smallest absolute Gasteiger partial charge is 0.335 e. The molecule has 0 aromatic heterocycles. The van der Waals surface area contributed by atoms with Gasteiger partial charge in [0, 0.05) is 7.14 Å². The van der Waals surface area contributed by atoms with Crippen LogP contribution >= 0.6 is 45.2 Å². The van der Waals surface area contributed by atoms with E-state index in [4.69, 9.17) is 0 Å². The lowest BCUT2D eigenvalue weighted by Gasteiger charge is -2.14. The number of carbonyl (C=O) groups excluding carboxylic acids is 2. The number of carbonyl (C=O) groups is 3. The van der Waals surface area contributed by atoms with Crippen LogP contribution in [0.5, 0.6) is 0 Å². The summed E-state index contributed by atoms with van der Waals surface area (Å²) in [6.07, 6.45) is 0. The fraction of sp³-hybridized carbons (Fsp3) is 0. The van der Waals surface area contributed by atoms with Gasteiger partial charge in [0.1, 0.15) is 0 Å². The summed E-state index contributed by atoms with van der Waals surface area (Å²) in [7, 11) is 0.